The summed E-state index contributed by atoms with van der Waals surface area (Å²) in [6.45, 7) is 5.33. The molecule has 1 saturated carbocycles. The van der Waals surface area contributed by atoms with Crippen molar-refractivity contribution in [3.63, 3.8) is 0 Å². The summed E-state index contributed by atoms with van der Waals surface area (Å²) in [5.41, 5.74) is 2.09. The number of hydrogen-bond donors (Lipinski definition) is 0. The van der Waals surface area contributed by atoms with E-state index in [0.29, 0.717) is 19.0 Å². The molecule has 0 radical (unpaired) electrons. The number of amides is 1. The fourth-order valence-corrected chi connectivity index (χ4v) is 3.01. The Hall–Kier alpha value is -2.37. The minimum atomic E-state index is -0.206. The van der Waals surface area contributed by atoms with Crippen molar-refractivity contribution in [2.45, 2.75) is 52.1 Å². The van der Waals surface area contributed by atoms with Crippen LogP contribution < -0.4 is 5.69 Å². The zero-order valence-electron chi connectivity index (χ0n) is 15.2. The highest BCUT2D eigenvalue weighted by atomic mass is 16.2. The van der Waals surface area contributed by atoms with Gasteiger partial charge in [0.2, 0.25) is 5.91 Å². The van der Waals surface area contributed by atoms with Crippen LogP contribution in [0.3, 0.4) is 0 Å². The summed E-state index contributed by atoms with van der Waals surface area (Å²) in [7, 11) is 1.74. The van der Waals surface area contributed by atoms with E-state index in [0.717, 1.165) is 30.7 Å². The molecule has 1 amide bonds. The molecule has 1 heterocycles. The van der Waals surface area contributed by atoms with Crippen LogP contribution in [-0.2, 0) is 24.9 Å². The van der Waals surface area contributed by atoms with Crippen LogP contribution in [0, 0.1) is 6.92 Å². The number of benzene rings is 1. The van der Waals surface area contributed by atoms with E-state index in [1.807, 2.05) is 30.9 Å². The number of rotatable bonds is 7. The van der Waals surface area contributed by atoms with Gasteiger partial charge in [-0.3, -0.25) is 9.36 Å². The monoisotopic (exact) mass is 342 g/mol. The number of nitrogens with zero attached hydrogens (tertiary/aromatic N) is 4. The van der Waals surface area contributed by atoms with Crippen molar-refractivity contribution < 1.29 is 4.79 Å². The van der Waals surface area contributed by atoms with Gasteiger partial charge in [0.15, 0.2) is 0 Å². The second-order valence-electron chi connectivity index (χ2n) is 6.93. The van der Waals surface area contributed by atoms with Gasteiger partial charge in [-0.1, -0.05) is 36.8 Å². The van der Waals surface area contributed by atoms with Crippen LogP contribution >= 0.6 is 0 Å². The molecule has 0 bridgehead atoms. The highest BCUT2D eigenvalue weighted by Gasteiger charge is 2.30. The number of aromatic nitrogens is 3. The molecular formula is C19H26N4O2. The van der Waals surface area contributed by atoms with E-state index >= 15 is 0 Å². The van der Waals surface area contributed by atoms with E-state index in [9.17, 15) is 9.59 Å². The minimum absolute atomic E-state index is 0.00521. The van der Waals surface area contributed by atoms with E-state index in [-0.39, 0.29) is 18.1 Å². The average molecular weight is 342 g/mol. The van der Waals surface area contributed by atoms with Crippen molar-refractivity contribution >= 4 is 5.91 Å². The van der Waals surface area contributed by atoms with E-state index in [2.05, 4.69) is 17.2 Å². The van der Waals surface area contributed by atoms with Gasteiger partial charge in [-0.2, -0.15) is 5.10 Å². The Kier molecular flexibility index (Phi) is 5.06. The zero-order valence-corrected chi connectivity index (χ0v) is 15.2. The molecule has 0 aliphatic heterocycles. The molecular weight excluding hydrogens is 316 g/mol. The van der Waals surface area contributed by atoms with Gasteiger partial charge in [-0.05, 0) is 31.7 Å². The second-order valence-corrected chi connectivity index (χ2v) is 6.93. The molecule has 0 unspecified atom stereocenters. The van der Waals surface area contributed by atoms with Crippen LogP contribution in [-0.4, -0.2) is 31.7 Å². The smallest absolute Gasteiger partial charge is 0.337 e. The molecule has 1 fully saturated rings. The lowest BCUT2D eigenvalue weighted by atomic mass is 10.1. The molecule has 0 spiro atoms. The van der Waals surface area contributed by atoms with Gasteiger partial charge in [0.25, 0.3) is 0 Å². The van der Waals surface area contributed by atoms with Gasteiger partial charge < -0.3 is 4.90 Å². The third-order valence-electron chi connectivity index (χ3n) is 4.64. The molecule has 3 rings (SSSR count). The molecule has 134 valence electrons. The first-order valence-electron chi connectivity index (χ1n) is 8.96. The predicted octanol–water partition coefficient (Wildman–Crippen LogP) is 2.21. The van der Waals surface area contributed by atoms with Crippen LogP contribution in [0.2, 0.25) is 0 Å². The standard InChI is InChI=1S/C19H26N4O2/c1-4-11-22(12-15-7-5-14(2)6-8-15)17(24)13-23-19(25)21(3)18(20-23)16-9-10-16/h5-8,16H,4,9-13H2,1-3H3. The number of carbonyl (C=O) groups is 1. The topological polar surface area (TPSA) is 60.1 Å². The molecule has 1 aromatic heterocycles. The predicted molar refractivity (Wildman–Crippen MR) is 96.3 cm³/mol. The number of hydrogen-bond acceptors (Lipinski definition) is 3. The normalized spacial score (nSPS) is 13.9. The lowest BCUT2D eigenvalue weighted by Gasteiger charge is -2.22. The minimum Gasteiger partial charge on any atom is -0.337 e. The van der Waals surface area contributed by atoms with Crippen molar-refractivity contribution in [2.75, 3.05) is 6.54 Å². The molecule has 1 aliphatic carbocycles. The summed E-state index contributed by atoms with van der Waals surface area (Å²) >= 11 is 0. The SMILES string of the molecule is CCCN(Cc1ccc(C)cc1)C(=O)Cn1nc(C2CC2)n(C)c1=O. The highest BCUT2D eigenvalue weighted by Crippen LogP contribution is 2.38. The highest BCUT2D eigenvalue weighted by molar-refractivity contribution is 5.75. The zero-order chi connectivity index (χ0) is 18.0. The molecule has 2 aromatic rings. The van der Waals surface area contributed by atoms with Gasteiger partial charge in [0.05, 0.1) is 0 Å². The Balaban J connectivity index is 1.73. The molecule has 6 nitrogen and oxygen atoms in total. The van der Waals surface area contributed by atoms with Gasteiger partial charge in [0.1, 0.15) is 12.4 Å². The Bertz CT molecular complexity index is 800. The lowest BCUT2D eigenvalue weighted by molar-refractivity contribution is -0.132. The largest absolute Gasteiger partial charge is 0.346 e. The Morgan fingerprint density at radius 3 is 2.56 bits per heavy atom. The quantitative estimate of drug-likeness (QED) is 0.775. The molecule has 0 atom stereocenters. The van der Waals surface area contributed by atoms with E-state index in [1.54, 1.807) is 11.6 Å². The van der Waals surface area contributed by atoms with Crippen molar-refractivity contribution in [2.24, 2.45) is 7.05 Å². The lowest BCUT2D eigenvalue weighted by Crippen LogP contribution is -2.37. The van der Waals surface area contributed by atoms with Crippen molar-refractivity contribution in [1.29, 1.82) is 0 Å². The first-order chi connectivity index (χ1) is 12.0. The maximum atomic E-state index is 12.7. The molecule has 6 heteroatoms. The summed E-state index contributed by atoms with van der Waals surface area (Å²) in [6, 6.07) is 8.19. The van der Waals surface area contributed by atoms with Crippen molar-refractivity contribution in [1.82, 2.24) is 19.2 Å². The second kappa shape index (κ2) is 7.25. The summed E-state index contributed by atoms with van der Waals surface area (Å²) in [6.07, 6.45) is 3.03. The van der Waals surface area contributed by atoms with Crippen LogP contribution in [0.25, 0.3) is 0 Å². The molecule has 0 N–H and O–H groups in total. The van der Waals surface area contributed by atoms with Crippen molar-refractivity contribution in [3.8, 4) is 0 Å². The van der Waals surface area contributed by atoms with Gasteiger partial charge in [-0.25, -0.2) is 9.48 Å². The first kappa shape index (κ1) is 17.5. The van der Waals surface area contributed by atoms with Gasteiger partial charge >= 0.3 is 5.69 Å². The molecule has 0 saturated heterocycles. The third kappa shape index (κ3) is 4.00. The summed E-state index contributed by atoms with van der Waals surface area (Å²) in [5, 5.41) is 4.39. The fraction of sp³-hybridized carbons (Fsp3) is 0.526. The van der Waals surface area contributed by atoms with E-state index < -0.39 is 0 Å². The van der Waals surface area contributed by atoms with Gasteiger partial charge in [0, 0.05) is 26.1 Å². The Labute approximate surface area is 148 Å². The Morgan fingerprint density at radius 2 is 1.96 bits per heavy atom. The van der Waals surface area contributed by atoms with E-state index in [1.165, 1.54) is 10.2 Å². The third-order valence-corrected chi connectivity index (χ3v) is 4.64. The average Bonchev–Trinajstić information content (AvgIpc) is 3.39. The van der Waals surface area contributed by atoms with Crippen LogP contribution in [0.15, 0.2) is 29.1 Å². The van der Waals surface area contributed by atoms with Crippen LogP contribution in [0.1, 0.15) is 49.1 Å². The van der Waals surface area contributed by atoms with Crippen molar-refractivity contribution in [3.05, 3.63) is 51.7 Å². The van der Waals surface area contributed by atoms with E-state index in [4.69, 9.17) is 0 Å². The molecule has 1 aromatic carbocycles. The maximum absolute atomic E-state index is 12.7. The molecule has 25 heavy (non-hydrogen) atoms. The van der Waals surface area contributed by atoms with Gasteiger partial charge in [-0.15, -0.1) is 0 Å². The van der Waals surface area contributed by atoms with Crippen LogP contribution in [0.5, 0.6) is 0 Å². The first-order valence-corrected chi connectivity index (χ1v) is 8.96. The summed E-state index contributed by atoms with van der Waals surface area (Å²) in [4.78, 5) is 26.9. The molecule has 1 aliphatic rings. The fourth-order valence-electron chi connectivity index (χ4n) is 3.01. The summed E-state index contributed by atoms with van der Waals surface area (Å²) < 4.78 is 2.89. The maximum Gasteiger partial charge on any atom is 0.346 e. The Morgan fingerprint density at radius 1 is 1.28 bits per heavy atom. The number of carbonyl (C=O) groups excluding carboxylic acids is 1. The van der Waals surface area contributed by atoms with Crippen LogP contribution in [0.4, 0.5) is 0 Å². The number of aryl methyl sites for hydroxylation is 1. The summed E-state index contributed by atoms with van der Waals surface area (Å²) in [5.74, 6) is 1.12.